The molecule has 0 unspecified atom stereocenters. The van der Waals surface area contributed by atoms with E-state index < -0.39 is 17.7 Å². The molecule has 0 saturated carbocycles. The Morgan fingerprint density at radius 2 is 1.72 bits per heavy atom. The smallest absolute Gasteiger partial charge is 0.416 e. The van der Waals surface area contributed by atoms with Gasteiger partial charge in [0.05, 0.1) is 11.1 Å². The molecule has 6 heteroatoms. The number of alkyl halides is 3. The topological polar surface area (TPSA) is 37.3 Å². The van der Waals surface area contributed by atoms with Gasteiger partial charge in [0.1, 0.15) is 0 Å². The second-order valence-corrected chi connectivity index (χ2v) is 4.46. The van der Waals surface area contributed by atoms with Crippen LogP contribution in [0.15, 0.2) is 35.7 Å². The van der Waals surface area contributed by atoms with Crippen LogP contribution in [0.5, 0.6) is 0 Å². The first-order valence-electron chi connectivity index (χ1n) is 4.88. The third-order valence-corrected chi connectivity index (χ3v) is 3.33. The summed E-state index contributed by atoms with van der Waals surface area (Å²) in [7, 11) is 0. The number of hydrogen-bond donors (Lipinski definition) is 1. The maximum absolute atomic E-state index is 12.4. The van der Waals surface area contributed by atoms with Crippen LogP contribution in [0.4, 0.5) is 13.2 Å². The number of carboxylic acid groups (broad SMARTS) is 1. The molecule has 1 N–H and O–H groups in total. The van der Waals surface area contributed by atoms with E-state index in [2.05, 4.69) is 0 Å². The summed E-state index contributed by atoms with van der Waals surface area (Å²) in [6.45, 7) is 0. The average molecular weight is 272 g/mol. The van der Waals surface area contributed by atoms with Gasteiger partial charge in [0.15, 0.2) is 0 Å². The van der Waals surface area contributed by atoms with Gasteiger partial charge in [-0.05, 0) is 29.1 Å². The molecule has 0 atom stereocenters. The molecular formula is C12H7F3O2S. The highest BCUT2D eigenvalue weighted by Gasteiger charge is 2.30. The molecule has 0 fully saturated rings. The number of rotatable bonds is 2. The Morgan fingerprint density at radius 3 is 2.22 bits per heavy atom. The molecule has 1 aromatic carbocycles. The third-order valence-electron chi connectivity index (χ3n) is 2.37. The quantitative estimate of drug-likeness (QED) is 0.892. The first-order chi connectivity index (χ1) is 8.39. The molecule has 2 aromatic rings. The van der Waals surface area contributed by atoms with Crippen LogP contribution >= 0.6 is 11.3 Å². The zero-order chi connectivity index (χ0) is 13.3. The monoisotopic (exact) mass is 272 g/mol. The van der Waals surface area contributed by atoms with E-state index in [1.807, 2.05) is 0 Å². The number of benzene rings is 1. The van der Waals surface area contributed by atoms with Crippen molar-refractivity contribution in [2.75, 3.05) is 0 Å². The van der Waals surface area contributed by atoms with E-state index in [0.29, 0.717) is 10.4 Å². The van der Waals surface area contributed by atoms with Crippen molar-refractivity contribution in [1.82, 2.24) is 0 Å². The van der Waals surface area contributed by atoms with Gasteiger partial charge < -0.3 is 5.11 Å². The lowest BCUT2D eigenvalue weighted by Crippen LogP contribution is -2.04. The van der Waals surface area contributed by atoms with Gasteiger partial charge in [0.2, 0.25) is 0 Å². The Kier molecular flexibility index (Phi) is 3.13. The number of halogens is 3. The highest BCUT2D eigenvalue weighted by Crippen LogP contribution is 2.33. The van der Waals surface area contributed by atoms with Crippen LogP contribution < -0.4 is 0 Å². The van der Waals surface area contributed by atoms with Crippen LogP contribution in [0.1, 0.15) is 15.9 Å². The van der Waals surface area contributed by atoms with Gasteiger partial charge in [0.25, 0.3) is 0 Å². The molecule has 1 heterocycles. The minimum atomic E-state index is -4.39. The van der Waals surface area contributed by atoms with Gasteiger partial charge in [-0.1, -0.05) is 12.1 Å². The minimum Gasteiger partial charge on any atom is -0.478 e. The Bertz CT molecular complexity index is 570. The normalized spacial score (nSPS) is 11.5. The lowest BCUT2D eigenvalue weighted by Gasteiger charge is -2.07. The Morgan fingerprint density at radius 1 is 1.11 bits per heavy atom. The summed E-state index contributed by atoms with van der Waals surface area (Å²) in [5.41, 5.74) is -0.185. The standard InChI is InChI=1S/C12H7F3O2S/c13-12(14,15)8-3-1-7(2-4-8)10-9(11(16)17)5-6-18-10/h1-6H,(H,16,17). The zero-order valence-electron chi connectivity index (χ0n) is 8.86. The van der Waals surface area contributed by atoms with Crippen LogP contribution in [-0.4, -0.2) is 11.1 Å². The van der Waals surface area contributed by atoms with E-state index in [1.165, 1.54) is 29.5 Å². The molecule has 2 rings (SSSR count). The number of hydrogen-bond acceptors (Lipinski definition) is 2. The lowest BCUT2D eigenvalue weighted by atomic mass is 10.1. The molecule has 0 saturated heterocycles. The Labute approximate surface area is 104 Å². The van der Waals surface area contributed by atoms with Crippen molar-refractivity contribution < 1.29 is 23.1 Å². The summed E-state index contributed by atoms with van der Waals surface area (Å²) in [6, 6.07) is 5.88. The summed E-state index contributed by atoms with van der Waals surface area (Å²) in [5.74, 6) is -1.09. The predicted octanol–water partition coefficient (Wildman–Crippen LogP) is 4.13. The largest absolute Gasteiger partial charge is 0.478 e. The van der Waals surface area contributed by atoms with Crippen LogP contribution in [0.25, 0.3) is 10.4 Å². The summed E-state index contributed by atoms with van der Waals surface area (Å²) in [5, 5.41) is 10.5. The molecule has 18 heavy (non-hydrogen) atoms. The molecule has 0 aliphatic rings. The first-order valence-corrected chi connectivity index (χ1v) is 5.76. The highest BCUT2D eigenvalue weighted by atomic mass is 32.1. The molecule has 0 bridgehead atoms. The first kappa shape index (κ1) is 12.6. The van der Waals surface area contributed by atoms with Crippen LogP contribution in [0.2, 0.25) is 0 Å². The van der Waals surface area contributed by atoms with E-state index in [1.54, 1.807) is 5.38 Å². The number of aromatic carboxylic acids is 1. The average Bonchev–Trinajstić information content (AvgIpc) is 2.77. The number of carbonyl (C=O) groups is 1. The summed E-state index contributed by atoms with van der Waals surface area (Å²) < 4.78 is 37.1. The molecule has 0 spiro atoms. The summed E-state index contributed by atoms with van der Waals surface area (Å²) >= 11 is 1.18. The van der Waals surface area contributed by atoms with E-state index in [0.717, 1.165) is 12.1 Å². The van der Waals surface area contributed by atoms with Gasteiger partial charge in [0, 0.05) is 4.88 Å². The van der Waals surface area contributed by atoms with E-state index in [-0.39, 0.29) is 5.56 Å². The number of carboxylic acids is 1. The van der Waals surface area contributed by atoms with Crippen molar-refractivity contribution in [2.24, 2.45) is 0 Å². The summed E-state index contributed by atoms with van der Waals surface area (Å²) in [6.07, 6.45) is -4.39. The maximum Gasteiger partial charge on any atom is 0.416 e. The van der Waals surface area contributed by atoms with Crippen LogP contribution in [0, 0.1) is 0 Å². The minimum absolute atomic E-state index is 0.0970. The summed E-state index contributed by atoms with van der Waals surface area (Å²) in [4.78, 5) is 11.4. The lowest BCUT2D eigenvalue weighted by molar-refractivity contribution is -0.137. The molecule has 0 aliphatic carbocycles. The Hall–Kier alpha value is -1.82. The van der Waals surface area contributed by atoms with Crippen molar-refractivity contribution in [3.05, 3.63) is 46.8 Å². The van der Waals surface area contributed by atoms with Gasteiger partial charge in [-0.25, -0.2) is 4.79 Å². The van der Waals surface area contributed by atoms with Gasteiger partial charge in [-0.3, -0.25) is 0 Å². The fourth-order valence-electron chi connectivity index (χ4n) is 1.51. The predicted molar refractivity (Wildman–Crippen MR) is 61.7 cm³/mol. The molecular weight excluding hydrogens is 265 g/mol. The van der Waals surface area contributed by atoms with Gasteiger partial charge in [-0.2, -0.15) is 13.2 Å². The molecule has 0 aliphatic heterocycles. The van der Waals surface area contributed by atoms with Crippen molar-refractivity contribution in [2.45, 2.75) is 6.18 Å². The second kappa shape index (κ2) is 4.45. The van der Waals surface area contributed by atoms with Crippen LogP contribution in [0.3, 0.4) is 0 Å². The zero-order valence-corrected chi connectivity index (χ0v) is 9.68. The molecule has 2 nitrogen and oxygen atoms in total. The number of thiophene rings is 1. The van der Waals surface area contributed by atoms with Gasteiger partial charge in [-0.15, -0.1) is 11.3 Å². The van der Waals surface area contributed by atoms with Crippen molar-refractivity contribution >= 4 is 17.3 Å². The maximum atomic E-state index is 12.4. The van der Waals surface area contributed by atoms with E-state index in [4.69, 9.17) is 5.11 Å². The third kappa shape index (κ3) is 2.38. The van der Waals surface area contributed by atoms with Crippen molar-refractivity contribution in [3.8, 4) is 10.4 Å². The van der Waals surface area contributed by atoms with Crippen molar-refractivity contribution in [1.29, 1.82) is 0 Å². The van der Waals surface area contributed by atoms with E-state index in [9.17, 15) is 18.0 Å². The Balaban J connectivity index is 2.41. The SMILES string of the molecule is O=C(O)c1ccsc1-c1ccc(C(F)(F)F)cc1. The van der Waals surface area contributed by atoms with Gasteiger partial charge >= 0.3 is 12.1 Å². The van der Waals surface area contributed by atoms with E-state index >= 15 is 0 Å². The molecule has 0 amide bonds. The fraction of sp³-hybridized carbons (Fsp3) is 0.0833. The van der Waals surface area contributed by atoms with Crippen molar-refractivity contribution in [3.63, 3.8) is 0 Å². The second-order valence-electron chi connectivity index (χ2n) is 3.54. The molecule has 1 aromatic heterocycles. The highest BCUT2D eigenvalue weighted by molar-refractivity contribution is 7.14. The molecule has 0 radical (unpaired) electrons. The molecule has 94 valence electrons. The fourth-order valence-corrected chi connectivity index (χ4v) is 2.41. The van der Waals surface area contributed by atoms with Crippen LogP contribution in [-0.2, 0) is 6.18 Å².